The Labute approximate surface area is 94.7 Å². The standard InChI is InChI=1S/C12H15N3O/c1-2-13-10-5-6-12(14-8-10)15-9-11-4-3-7-16-11/h3-8,13H,2,9H2,1H3,(H,14,15). The molecule has 0 fully saturated rings. The summed E-state index contributed by atoms with van der Waals surface area (Å²) in [5.41, 5.74) is 1.03. The number of rotatable bonds is 5. The number of pyridine rings is 1. The molecule has 84 valence electrons. The van der Waals surface area contributed by atoms with Gasteiger partial charge in [0.2, 0.25) is 0 Å². The zero-order chi connectivity index (χ0) is 11.2. The van der Waals surface area contributed by atoms with Crippen LogP contribution in [0.1, 0.15) is 12.7 Å². The Morgan fingerprint density at radius 2 is 2.19 bits per heavy atom. The van der Waals surface area contributed by atoms with E-state index in [2.05, 4.69) is 22.5 Å². The molecule has 0 atom stereocenters. The molecule has 0 saturated carbocycles. The van der Waals surface area contributed by atoms with Crippen LogP contribution in [-0.4, -0.2) is 11.5 Å². The van der Waals surface area contributed by atoms with Gasteiger partial charge in [-0.3, -0.25) is 0 Å². The van der Waals surface area contributed by atoms with E-state index in [1.807, 2.05) is 30.5 Å². The van der Waals surface area contributed by atoms with Gasteiger partial charge in [-0.15, -0.1) is 0 Å². The van der Waals surface area contributed by atoms with Crippen LogP contribution in [0.5, 0.6) is 0 Å². The average Bonchev–Trinajstić information content (AvgIpc) is 2.82. The largest absolute Gasteiger partial charge is 0.467 e. The molecule has 4 nitrogen and oxygen atoms in total. The quantitative estimate of drug-likeness (QED) is 0.808. The third kappa shape index (κ3) is 2.76. The van der Waals surface area contributed by atoms with Crippen LogP contribution in [0.4, 0.5) is 11.5 Å². The fourth-order valence-corrected chi connectivity index (χ4v) is 1.40. The van der Waals surface area contributed by atoms with Crippen LogP contribution >= 0.6 is 0 Å². The highest BCUT2D eigenvalue weighted by atomic mass is 16.3. The van der Waals surface area contributed by atoms with Crippen LogP contribution in [0.3, 0.4) is 0 Å². The molecule has 0 aliphatic carbocycles. The predicted molar refractivity (Wildman–Crippen MR) is 64.4 cm³/mol. The first-order valence-corrected chi connectivity index (χ1v) is 5.34. The molecule has 0 unspecified atom stereocenters. The minimum Gasteiger partial charge on any atom is -0.467 e. The number of furan rings is 1. The monoisotopic (exact) mass is 217 g/mol. The predicted octanol–water partition coefficient (Wildman–Crippen LogP) is 2.72. The van der Waals surface area contributed by atoms with E-state index in [4.69, 9.17) is 4.42 Å². The Morgan fingerprint density at radius 3 is 2.81 bits per heavy atom. The van der Waals surface area contributed by atoms with Crippen LogP contribution < -0.4 is 10.6 Å². The van der Waals surface area contributed by atoms with Crippen molar-refractivity contribution in [2.75, 3.05) is 17.2 Å². The minimum absolute atomic E-state index is 0.653. The highest BCUT2D eigenvalue weighted by Gasteiger charge is 1.97. The topological polar surface area (TPSA) is 50.1 Å². The van der Waals surface area contributed by atoms with Gasteiger partial charge in [-0.05, 0) is 31.2 Å². The van der Waals surface area contributed by atoms with Crippen LogP contribution in [0, 0.1) is 0 Å². The molecule has 2 aromatic rings. The molecule has 0 aromatic carbocycles. The summed E-state index contributed by atoms with van der Waals surface area (Å²) in [6, 6.07) is 7.75. The molecule has 16 heavy (non-hydrogen) atoms. The van der Waals surface area contributed by atoms with Crippen molar-refractivity contribution in [1.82, 2.24) is 4.98 Å². The minimum atomic E-state index is 0.653. The van der Waals surface area contributed by atoms with Gasteiger partial charge in [0.15, 0.2) is 0 Å². The lowest BCUT2D eigenvalue weighted by Crippen LogP contribution is -2.01. The van der Waals surface area contributed by atoms with Crippen LogP contribution in [-0.2, 0) is 6.54 Å². The Bertz CT molecular complexity index is 408. The van der Waals surface area contributed by atoms with Crippen molar-refractivity contribution in [3.05, 3.63) is 42.5 Å². The number of hydrogen-bond donors (Lipinski definition) is 2. The molecule has 0 bridgehead atoms. The molecule has 0 spiro atoms. The second kappa shape index (κ2) is 5.21. The van der Waals surface area contributed by atoms with Crippen molar-refractivity contribution in [3.63, 3.8) is 0 Å². The Balaban J connectivity index is 1.90. The van der Waals surface area contributed by atoms with E-state index in [0.29, 0.717) is 6.54 Å². The summed E-state index contributed by atoms with van der Waals surface area (Å²) in [6.45, 7) is 3.62. The van der Waals surface area contributed by atoms with Gasteiger partial charge in [-0.2, -0.15) is 0 Å². The summed E-state index contributed by atoms with van der Waals surface area (Å²) in [5.74, 6) is 1.75. The van der Waals surface area contributed by atoms with Crippen molar-refractivity contribution in [2.45, 2.75) is 13.5 Å². The van der Waals surface area contributed by atoms with Crippen molar-refractivity contribution < 1.29 is 4.42 Å². The summed E-state index contributed by atoms with van der Waals surface area (Å²) >= 11 is 0. The SMILES string of the molecule is CCNc1ccc(NCc2ccco2)nc1. The van der Waals surface area contributed by atoms with E-state index in [1.54, 1.807) is 6.26 Å². The molecular formula is C12H15N3O. The molecule has 0 saturated heterocycles. The molecule has 0 radical (unpaired) electrons. The molecule has 0 aliphatic heterocycles. The first-order chi connectivity index (χ1) is 7.88. The molecule has 2 rings (SSSR count). The lowest BCUT2D eigenvalue weighted by atomic mass is 10.4. The van der Waals surface area contributed by atoms with Gasteiger partial charge in [-0.25, -0.2) is 4.98 Å². The van der Waals surface area contributed by atoms with Crippen molar-refractivity contribution in [2.24, 2.45) is 0 Å². The van der Waals surface area contributed by atoms with Gasteiger partial charge >= 0.3 is 0 Å². The van der Waals surface area contributed by atoms with Gasteiger partial charge < -0.3 is 15.1 Å². The first kappa shape index (κ1) is 10.5. The van der Waals surface area contributed by atoms with E-state index in [1.165, 1.54) is 0 Å². The normalized spacial score (nSPS) is 10.1. The smallest absolute Gasteiger partial charge is 0.126 e. The fraction of sp³-hybridized carbons (Fsp3) is 0.250. The van der Waals surface area contributed by atoms with Crippen molar-refractivity contribution in [3.8, 4) is 0 Å². The van der Waals surface area contributed by atoms with E-state index < -0.39 is 0 Å². The van der Waals surface area contributed by atoms with E-state index in [0.717, 1.165) is 23.8 Å². The summed E-state index contributed by atoms with van der Waals surface area (Å²) in [7, 11) is 0. The van der Waals surface area contributed by atoms with Gasteiger partial charge in [-0.1, -0.05) is 0 Å². The molecule has 2 aromatic heterocycles. The van der Waals surface area contributed by atoms with E-state index in [9.17, 15) is 0 Å². The highest BCUT2D eigenvalue weighted by Crippen LogP contribution is 2.10. The lowest BCUT2D eigenvalue weighted by Gasteiger charge is -2.05. The maximum absolute atomic E-state index is 5.21. The van der Waals surface area contributed by atoms with Crippen LogP contribution in [0.2, 0.25) is 0 Å². The summed E-state index contributed by atoms with van der Waals surface area (Å²) < 4.78 is 5.21. The second-order valence-electron chi connectivity index (χ2n) is 3.40. The van der Waals surface area contributed by atoms with Gasteiger partial charge in [0, 0.05) is 6.54 Å². The number of nitrogens with one attached hydrogen (secondary N) is 2. The third-order valence-electron chi connectivity index (χ3n) is 2.17. The number of anilines is 2. The Kier molecular flexibility index (Phi) is 3.43. The molecule has 0 aliphatic rings. The fourth-order valence-electron chi connectivity index (χ4n) is 1.40. The van der Waals surface area contributed by atoms with Gasteiger partial charge in [0.25, 0.3) is 0 Å². The highest BCUT2D eigenvalue weighted by molar-refractivity contribution is 5.47. The van der Waals surface area contributed by atoms with Crippen molar-refractivity contribution in [1.29, 1.82) is 0 Å². The zero-order valence-corrected chi connectivity index (χ0v) is 9.23. The third-order valence-corrected chi connectivity index (χ3v) is 2.17. The molecular weight excluding hydrogens is 202 g/mol. The maximum atomic E-state index is 5.21. The van der Waals surface area contributed by atoms with Gasteiger partial charge in [0.1, 0.15) is 11.6 Å². The summed E-state index contributed by atoms with van der Waals surface area (Å²) in [6.07, 6.45) is 3.48. The first-order valence-electron chi connectivity index (χ1n) is 5.34. The Morgan fingerprint density at radius 1 is 1.25 bits per heavy atom. The average molecular weight is 217 g/mol. The summed E-state index contributed by atoms with van der Waals surface area (Å²) in [5, 5.41) is 6.38. The molecule has 2 N–H and O–H groups in total. The lowest BCUT2D eigenvalue weighted by molar-refractivity contribution is 0.518. The molecule has 2 heterocycles. The van der Waals surface area contributed by atoms with Gasteiger partial charge in [0.05, 0.1) is 24.7 Å². The summed E-state index contributed by atoms with van der Waals surface area (Å²) in [4.78, 5) is 4.28. The Hall–Kier alpha value is -1.97. The number of nitrogens with zero attached hydrogens (tertiary/aromatic N) is 1. The zero-order valence-electron chi connectivity index (χ0n) is 9.23. The van der Waals surface area contributed by atoms with Crippen LogP contribution in [0.15, 0.2) is 41.1 Å². The van der Waals surface area contributed by atoms with Crippen molar-refractivity contribution >= 4 is 11.5 Å². The van der Waals surface area contributed by atoms with Crippen LogP contribution in [0.25, 0.3) is 0 Å². The molecule has 4 heteroatoms. The molecule has 0 amide bonds. The van der Waals surface area contributed by atoms with E-state index >= 15 is 0 Å². The van der Waals surface area contributed by atoms with E-state index in [-0.39, 0.29) is 0 Å². The number of aromatic nitrogens is 1. The second-order valence-corrected chi connectivity index (χ2v) is 3.40. The number of hydrogen-bond acceptors (Lipinski definition) is 4. The maximum Gasteiger partial charge on any atom is 0.126 e.